The van der Waals surface area contributed by atoms with Gasteiger partial charge in [-0.15, -0.1) is 0 Å². The Bertz CT molecular complexity index is 173. The maximum atomic E-state index is 10.9. The quantitative estimate of drug-likeness (QED) is 0.661. The summed E-state index contributed by atoms with van der Waals surface area (Å²) in [6, 6.07) is -0.315. The first-order chi connectivity index (χ1) is 6.24. The number of amides is 2. The molecule has 1 heterocycles. The van der Waals surface area contributed by atoms with E-state index >= 15 is 0 Å². The zero-order valence-corrected chi connectivity index (χ0v) is 7.91. The monoisotopic (exact) mass is 186 g/mol. The van der Waals surface area contributed by atoms with E-state index < -0.39 is 0 Å². The number of hydrogen-bond acceptors (Lipinski definition) is 2. The molecule has 4 nitrogen and oxygen atoms in total. The molecule has 1 saturated heterocycles. The molecule has 13 heavy (non-hydrogen) atoms. The molecular formula is C9H18N2O2. The van der Waals surface area contributed by atoms with Gasteiger partial charge in [0.2, 0.25) is 0 Å². The Balaban J connectivity index is 2.35. The van der Waals surface area contributed by atoms with Gasteiger partial charge in [0.1, 0.15) is 0 Å². The van der Waals surface area contributed by atoms with Crippen molar-refractivity contribution in [1.29, 1.82) is 0 Å². The third-order valence-corrected chi connectivity index (χ3v) is 2.70. The Morgan fingerprint density at radius 2 is 2.23 bits per heavy atom. The summed E-state index contributed by atoms with van der Waals surface area (Å²) in [5, 5.41) is 8.78. The summed E-state index contributed by atoms with van der Waals surface area (Å²) < 4.78 is 0. The van der Waals surface area contributed by atoms with Crippen molar-refractivity contribution in [2.45, 2.75) is 25.7 Å². The lowest BCUT2D eigenvalue weighted by molar-refractivity contribution is 0.207. The number of aliphatic hydroxyl groups is 1. The number of likely N-dealkylation sites (tertiary alicyclic amines) is 1. The molecule has 76 valence electrons. The number of hydrogen-bond donors (Lipinski definition) is 2. The fourth-order valence-corrected chi connectivity index (χ4v) is 1.86. The molecule has 3 N–H and O–H groups in total. The highest BCUT2D eigenvalue weighted by Gasteiger charge is 2.18. The zero-order chi connectivity index (χ0) is 9.68. The van der Waals surface area contributed by atoms with Crippen molar-refractivity contribution in [2.24, 2.45) is 11.7 Å². The molecule has 0 aromatic heterocycles. The van der Waals surface area contributed by atoms with E-state index in [0.717, 1.165) is 38.8 Å². The van der Waals surface area contributed by atoms with Crippen molar-refractivity contribution in [3.05, 3.63) is 0 Å². The van der Waals surface area contributed by atoms with Crippen molar-refractivity contribution in [1.82, 2.24) is 4.90 Å². The minimum Gasteiger partial charge on any atom is -0.396 e. The molecule has 1 rings (SSSR count). The molecular weight excluding hydrogens is 168 g/mol. The number of urea groups is 1. The number of nitrogens with zero attached hydrogens (tertiary/aromatic N) is 1. The number of nitrogens with two attached hydrogens (primary N) is 1. The second kappa shape index (κ2) is 5.07. The van der Waals surface area contributed by atoms with Crippen LogP contribution < -0.4 is 5.73 Å². The van der Waals surface area contributed by atoms with Gasteiger partial charge in [-0.2, -0.15) is 0 Å². The lowest BCUT2D eigenvalue weighted by Gasteiger charge is -2.17. The van der Waals surface area contributed by atoms with Gasteiger partial charge in [-0.3, -0.25) is 0 Å². The first-order valence-corrected chi connectivity index (χ1v) is 4.89. The summed E-state index contributed by atoms with van der Waals surface area (Å²) in [7, 11) is 0. The summed E-state index contributed by atoms with van der Waals surface area (Å²) in [6.07, 6.45) is 3.94. The first-order valence-electron chi connectivity index (χ1n) is 4.89. The minimum absolute atomic E-state index is 0.251. The number of carbonyl (C=O) groups excluding carboxylic acids is 1. The molecule has 0 spiro atoms. The van der Waals surface area contributed by atoms with Gasteiger partial charge in [-0.25, -0.2) is 4.79 Å². The predicted octanol–water partition coefficient (Wildman–Crippen LogP) is 0.550. The molecule has 0 aliphatic carbocycles. The fraction of sp³-hybridized carbons (Fsp3) is 0.889. The lowest BCUT2D eigenvalue weighted by Crippen LogP contribution is -2.36. The van der Waals surface area contributed by atoms with Gasteiger partial charge < -0.3 is 15.7 Å². The zero-order valence-electron chi connectivity index (χ0n) is 7.91. The molecule has 1 aliphatic heterocycles. The third-order valence-electron chi connectivity index (χ3n) is 2.70. The summed E-state index contributed by atoms with van der Waals surface area (Å²) in [5.74, 6) is 0.564. The van der Waals surface area contributed by atoms with Crippen LogP contribution in [-0.4, -0.2) is 35.7 Å². The SMILES string of the molecule is NC(=O)N1CCCC(CCO)CC1. The standard InChI is InChI=1S/C9H18N2O2/c10-9(13)11-5-1-2-8(3-6-11)4-7-12/h8,12H,1-7H2,(H2,10,13). The van der Waals surface area contributed by atoms with Crippen molar-refractivity contribution < 1.29 is 9.90 Å². The number of aliphatic hydroxyl groups excluding tert-OH is 1. The van der Waals surface area contributed by atoms with Crippen LogP contribution in [0.4, 0.5) is 4.79 Å². The normalized spacial score (nSPS) is 24.1. The van der Waals surface area contributed by atoms with Crippen LogP contribution in [-0.2, 0) is 0 Å². The molecule has 0 saturated carbocycles. The molecule has 1 fully saturated rings. The molecule has 1 aliphatic rings. The average molecular weight is 186 g/mol. The summed E-state index contributed by atoms with van der Waals surface area (Å²) in [4.78, 5) is 12.6. The van der Waals surface area contributed by atoms with Crippen LogP contribution in [0.25, 0.3) is 0 Å². The fourth-order valence-electron chi connectivity index (χ4n) is 1.86. The maximum Gasteiger partial charge on any atom is 0.314 e. The van der Waals surface area contributed by atoms with E-state index in [-0.39, 0.29) is 12.6 Å². The maximum absolute atomic E-state index is 10.9. The summed E-state index contributed by atoms with van der Waals surface area (Å²) >= 11 is 0. The minimum atomic E-state index is -0.315. The Morgan fingerprint density at radius 1 is 1.46 bits per heavy atom. The molecule has 1 atom stereocenters. The smallest absolute Gasteiger partial charge is 0.314 e. The predicted molar refractivity (Wildman–Crippen MR) is 50.2 cm³/mol. The number of rotatable bonds is 2. The highest BCUT2D eigenvalue weighted by atomic mass is 16.3. The van der Waals surface area contributed by atoms with Crippen LogP contribution in [0.2, 0.25) is 0 Å². The van der Waals surface area contributed by atoms with Crippen LogP contribution in [0.1, 0.15) is 25.7 Å². The number of primary amides is 1. The second-order valence-corrected chi connectivity index (χ2v) is 3.63. The Kier molecular flexibility index (Phi) is 4.02. The van der Waals surface area contributed by atoms with Gasteiger partial charge in [0.25, 0.3) is 0 Å². The third kappa shape index (κ3) is 3.22. The Labute approximate surface area is 78.7 Å². The Hall–Kier alpha value is -0.770. The number of carbonyl (C=O) groups is 1. The van der Waals surface area contributed by atoms with Gasteiger partial charge in [-0.1, -0.05) is 0 Å². The van der Waals surface area contributed by atoms with Crippen molar-refractivity contribution in [2.75, 3.05) is 19.7 Å². The molecule has 2 amide bonds. The summed E-state index contributed by atoms with van der Waals surface area (Å²) in [5.41, 5.74) is 5.19. The second-order valence-electron chi connectivity index (χ2n) is 3.63. The van der Waals surface area contributed by atoms with E-state index in [1.54, 1.807) is 4.90 Å². The molecule has 0 aromatic rings. The first kappa shape index (κ1) is 10.3. The van der Waals surface area contributed by atoms with Crippen LogP contribution in [0.5, 0.6) is 0 Å². The summed E-state index contributed by atoms with van der Waals surface area (Å²) in [6.45, 7) is 1.78. The highest BCUT2D eigenvalue weighted by molar-refractivity contribution is 5.71. The largest absolute Gasteiger partial charge is 0.396 e. The molecule has 0 radical (unpaired) electrons. The van der Waals surface area contributed by atoms with Crippen LogP contribution in [0.3, 0.4) is 0 Å². The van der Waals surface area contributed by atoms with E-state index in [1.165, 1.54) is 0 Å². The highest BCUT2D eigenvalue weighted by Crippen LogP contribution is 2.19. The topological polar surface area (TPSA) is 66.6 Å². The molecule has 4 heteroatoms. The van der Waals surface area contributed by atoms with E-state index in [4.69, 9.17) is 10.8 Å². The lowest BCUT2D eigenvalue weighted by atomic mass is 9.98. The van der Waals surface area contributed by atoms with E-state index in [9.17, 15) is 4.79 Å². The van der Waals surface area contributed by atoms with Gasteiger partial charge in [-0.05, 0) is 31.6 Å². The van der Waals surface area contributed by atoms with E-state index in [0.29, 0.717) is 5.92 Å². The average Bonchev–Trinajstić information content (AvgIpc) is 2.30. The van der Waals surface area contributed by atoms with Gasteiger partial charge in [0.15, 0.2) is 0 Å². The van der Waals surface area contributed by atoms with Gasteiger partial charge in [0, 0.05) is 19.7 Å². The van der Waals surface area contributed by atoms with Crippen molar-refractivity contribution in [3.8, 4) is 0 Å². The van der Waals surface area contributed by atoms with Crippen LogP contribution in [0.15, 0.2) is 0 Å². The van der Waals surface area contributed by atoms with E-state index in [2.05, 4.69) is 0 Å². The Morgan fingerprint density at radius 3 is 2.85 bits per heavy atom. The van der Waals surface area contributed by atoms with Crippen molar-refractivity contribution >= 4 is 6.03 Å². The molecule has 0 bridgehead atoms. The van der Waals surface area contributed by atoms with Crippen LogP contribution in [0, 0.1) is 5.92 Å². The van der Waals surface area contributed by atoms with Gasteiger partial charge >= 0.3 is 6.03 Å². The van der Waals surface area contributed by atoms with Crippen LogP contribution >= 0.6 is 0 Å². The molecule has 0 aromatic carbocycles. The van der Waals surface area contributed by atoms with Crippen molar-refractivity contribution in [3.63, 3.8) is 0 Å². The molecule has 1 unspecified atom stereocenters. The van der Waals surface area contributed by atoms with Gasteiger partial charge in [0.05, 0.1) is 0 Å². The van der Waals surface area contributed by atoms with E-state index in [1.807, 2.05) is 0 Å².